The summed E-state index contributed by atoms with van der Waals surface area (Å²) in [5.74, 6) is -5.04. The summed E-state index contributed by atoms with van der Waals surface area (Å²) in [6.45, 7) is 23.3. The number of unbranched alkanes of at least 4 members (excludes halogenated alkanes) is 21. The zero-order valence-corrected chi connectivity index (χ0v) is 65.8. The molecule has 5 amide bonds. The minimum atomic E-state index is -1.51. The fraction of sp³-hybridized carbons (Fsp3) is 0.815. The van der Waals surface area contributed by atoms with Gasteiger partial charge in [-0.3, -0.25) is 19.2 Å². The van der Waals surface area contributed by atoms with Crippen LogP contribution in [0.3, 0.4) is 0 Å². The van der Waals surface area contributed by atoms with E-state index in [0.29, 0.717) is 38.8 Å². The maximum absolute atomic E-state index is 13.3. The zero-order chi connectivity index (χ0) is 75.8. The number of carboxylic acids is 3. The molecule has 0 spiro atoms. The van der Waals surface area contributed by atoms with Crippen LogP contribution in [-0.4, -0.2) is 169 Å². The first-order valence-electron chi connectivity index (χ1n) is 39.7. The molecule has 0 aromatic rings. The van der Waals surface area contributed by atoms with E-state index < -0.39 is 70.4 Å². The van der Waals surface area contributed by atoms with Crippen LogP contribution in [0.1, 0.15) is 313 Å². The van der Waals surface area contributed by atoms with Crippen LogP contribution < -0.4 is 26.6 Å². The summed E-state index contributed by atoms with van der Waals surface area (Å²) >= 11 is 0. The van der Waals surface area contributed by atoms with Gasteiger partial charge in [0.15, 0.2) is 5.79 Å². The topological polar surface area (TPSA) is 290 Å². The Morgan fingerprint density at radius 1 is 0.529 bits per heavy atom. The molecule has 0 aromatic heterocycles. The molecule has 0 bridgehead atoms. The molecule has 1 heterocycles. The number of amides is 5. The number of allylic oxidation sites excluding steroid dienone is 8. The van der Waals surface area contributed by atoms with Crippen molar-refractivity contribution in [1.29, 1.82) is 0 Å². The van der Waals surface area contributed by atoms with Gasteiger partial charge in [-0.15, -0.1) is 0 Å². The van der Waals surface area contributed by atoms with Crippen LogP contribution in [0.4, 0.5) is 4.79 Å². The Morgan fingerprint density at radius 3 is 1.58 bits per heavy atom. The molecule has 102 heavy (non-hydrogen) atoms. The Kier molecular flexibility index (Phi) is 53.1. The van der Waals surface area contributed by atoms with Crippen molar-refractivity contribution in [3.05, 3.63) is 48.6 Å². The lowest BCUT2D eigenvalue weighted by molar-refractivity contribution is -0.180. The standard InChI is InChI=1S/C81H146N6O15/c1-12-15-17-19-21-23-25-27-29-31-33-35-37-39-41-46-55-81(56-47-42-40-38-36-34-32-30-28-26-24-22-20-18-16-13-2)99-63-67(102-81)54-60-87(11)59-49-43-44-51-70(88)84-64-80(10,14-3)101-66-79(8,9)98-61-58-83-75(96)77(4,5)65-100-78(6,7)62-71(89)82-57-48-45-50-68(73(92)93)85-76(97)86-69(74(94)95)52-53-72(90)91/h21-24,27-30,67-69H,12-20,25-26,31-66H2,1-11H3,(H,82,89)(H,83,96)(H,84,88)(H,90,91)(H,92,93)(H,94,95)(H2,85,86,97)/b23-21-,24-22-,29-27-,30-28-/t67?,68-,69-,80?/m1/s1. The number of hydrogen-bond acceptors (Lipinski definition) is 13. The average Bonchev–Trinajstić information content (AvgIpc) is 1.70. The average molecular weight is 1440 g/mol. The summed E-state index contributed by atoms with van der Waals surface area (Å²) in [7, 11) is 2.19. The summed E-state index contributed by atoms with van der Waals surface area (Å²) in [4.78, 5) is 87.9. The normalized spacial score (nSPS) is 15.5. The van der Waals surface area contributed by atoms with Gasteiger partial charge in [-0.2, -0.15) is 0 Å². The molecular formula is C81H146N6O15. The van der Waals surface area contributed by atoms with Crippen molar-refractivity contribution in [2.45, 2.75) is 354 Å². The van der Waals surface area contributed by atoms with Crippen molar-refractivity contribution in [3.63, 3.8) is 0 Å². The third kappa shape index (κ3) is 51.1. The molecule has 0 radical (unpaired) electrons. The van der Waals surface area contributed by atoms with Gasteiger partial charge in [0.2, 0.25) is 17.7 Å². The predicted molar refractivity (Wildman–Crippen MR) is 409 cm³/mol. The molecule has 0 aromatic carbocycles. The lowest BCUT2D eigenvalue weighted by atomic mass is 9.92. The van der Waals surface area contributed by atoms with Gasteiger partial charge in [0.05, 0.1) is 61.2 Å². The van der Waals surface area contributed by atoms with Crippen LogP contribution >= 0.6 is 0 Å². The van der Waals surface area contributed by atoms with Crippen molar-refractivity contribution in [2.75, 3.05) is 66.2 Å². The van der Waals surface area contributed by atoms with E-state index in [1.807, 2.05) is 27.7 Å². The summed E-state index contributed by atoms with van der Waals surface area (Å²) in [6, 6.07) is -3.92. The second kappa shape index (κ2) is 57.1. The van der Waals surface area contributed by atoms with Gasteiger partial charge in [-0.25, -0.2) is 14.4 Å². The molecule has 21 nitrogen and oxygen atoms in total. The van der Waals surface area contributed by atoms with Gasteiger partial charge < -0.3 is 70.5 Å². The van der Waals surface area contributed by atoms with Crippen molar-refractivity contribution in [2.24, 2.45) is 5.41 Å². The van der Waals surface area contributed by atoms with Crippen LogP contribution in [-0.2, 0) is 52.5 Å². The van der Waals surface area contributed by atoms with E-state index in [1.165, 1.54) is 128 Å². The number of rotatable bonds is 67. The Balaban J connectivity index is 2.46. The molecule has 1 aliphatic heterocycles. The Morgan fingerprint density at radius 2 is 1.05 bits per heavy atom. The summed E-state index contributed by atoms with van der Waals surface area (Å²) < 4.78 is 32.2. The number of ether oxygens (including phenoxy) is 5. The van der Waals surface area contributed by atoms with E-state index >= 15 is 0 Å². The second-order valence-electron chi connectivity index (χ2n) is 30.6. The lowest BCUT2D eigenvalue weighted by Crippen LogP contribution is -2.51. The fourth-order valence-corrected chi connectivity index (χ4v) is 11.8. The minimum Gasteiger partial charge on any atom is -0.481 e. The van der Waals surface area contributed by atoms with Gasteiger partial charge in [-0.1, -0.05) is 153 Å². The third-order valence-electron chi connectivity index (χ3n) is 18.9. The van der Waals surface area contributed by atoms with Crippen LogP contribution in [0.5, 0.6) is 0 Å². The quantitative estimate of drug-likeness (QED) is 0.0207. The van der Waals surface area contributed by atoms with Crippen LogP contribution in [0, 0.1) is 5.41 Å². The molecule has 21 heteroatoms. The maximum Gasteiger partial charge on any atom is 0.326 e. The van der Waals surface area contributed by atoms with Crippen LogP contribution in [0.2, 0.25) is 0 Å². The molecule has 2 unspecified atom stereocenters. The van der Waals surface area contributed by atoms with Gasteiger partial charge >= 0.3 is 23.9 Å². The predicted octanol–water partition coefficient (Wildman–Crippen LogP) is 16.2. The number of carbonyl (C=O) groups excluding carboxylic acids is 4. The minimum absolute atomic E-state index is 0.0107. The highest BCUT2D eigenvalue weighted by Crippen LogP contribution is 2.36. The number of nitrogens with one attached hydrogen (secondary N) is 5. The molecule has 4 atom stereocenters. The van der Waals surface area contributed by atoms with Crippen molar-refractivity contribution >= 4 is 41.7 Å². The van der Waals surface area contributed by atoms with Crippen molar-refractivity contribution in [3.8, 4) is 0 Å². The number of carboxylic acid groups (broad SMARTS) is 3. The third-order valence-corrected chi connectivity index (χ3v) is 18.9. The molecule has 0 aliphatic carbocycles. The molecular weight excluding hydrogens is 1300 g/mol. The van der Waals surface area contributed by atoms with E-state index in [9.17, 15) is 43.8 Å². The first-order valence-corrected chi connectivity index (χ1v) is 39.7. The van der Waals surface area contributed by atoms with Gasteiger partial charge in [0, 0.05) is 51.9 Å². The van der Waals surface area contributed by atoms with E-state index in [-0.39, 0.29) is 76.0 Å². The van der Waals surface area contributed by atoms with Gasteiger partial charge in [0.1, 0.15) is 12.1 Å². The zero-order valence-electron chi connectivity index (χ0n) is 65.8. The first-order chi connectivity index (χ1) is 48.6. The smallest absolute Gasteiger partial charge is 0.326 e. The van der Waals surface area contributed by atoms with E-state index in [1.54, 1.807) is 27.7 Å². The highest BCUT2D eigenvalue weighted by atomic mass is 16.7. The van der Waals surface area contributed by atoms with Gasteiger partial charge in [-0.05, 0) is 190 Å². The highest BCUT2D eigenvalue weighted by Gasteiger charge is 2.41. The summed E-state index contributed by atoms with van der Waals surface area (Å²) in [6.07, 6.45) is 55.1. The van der Waals surface area contributed by atoms with Crippen molar-refractivity contribution < 1.29 is 72.6 Å². The summed E-state index contributed by atoms with van der Waals surface area (Å²) in [5, 5.41) is 40.8. The molecule has 1 fully saturated rings. The number of urea groups is 1. The van der Waals surface area contributed by atoms with E-state index in [2.05, 4.69) is 101 Å². The Labute approximate surface area is 617 Å². The number of hydrogen-bond donors (Lipinski definition) is 8. The largest absolute Gasteiger partial charge is 0.481 e. The summed E-state index contributed by atoms with van der Waals surface area (Å²) in [5.41, 5.74) is -3.17. The lowest BCUT2D eigenvalue weighted by Gasteiger charge is -2.34. The molecule has 1 rings (SSSR count). The molecule has 0 saturated carbocycles. The maximum atomic E-state index is 13.3. The molecule has 590 valence electrons. The van der Waals surface area contributed by atoms with Crippen LogP contribution in [0.15, 0.2) is 48.6 Å². The SMILES string of the molecule is CCCCC/C=C\C/C=C\CCCCCCCCC1(CCCCCCCC/C=C\C/C=C\CCCCC)OCC(CCN(C)CCCCCC(=O)NCC(C)(CC)OCC(C)(C)OCCNC(=O)C(C)(C)COC(C)(C)CC(=O)NCCCC[C@@H](NC(=O)N[C@H](CCC(=O)O)C(=O)O)C(=O)O)O1. The number of nitrogens with zero attached hydrogens (tertiary/aromatic N) is 1. The van der Waals surface area contributed by atoms with E-state index in [4.69, 9.17) is 28.8 Å². The van der Waals surface area contributed by atoms with Crippen LogP contribution in [0.25, 0.3) is 0 Å². The second-order valence-corrected chi connectivity index (χ2v) is 30.6. The fourth-order valence-electron chi connectivity index (χ4n) is 11.8. The van der Waals surface area contributed by atoms with Crippen molar-refractivity contribution in [1.82, 2.24) is 31.5 Å². The first kappa shape index (κ1) is 94.8. The highest BCUT2D eigenvalue weighted by molar-refractivity contribution is 5.86. The Hall–Kier alpha value is -5.19. The number of carbonyl (C=O) groups is 7. The molecule has 8 N–H and O–H groups in total. The number of aliphatic carboxylic acids is 3. The molecule has 1 saturated heterocycles. The monoisotopic (exact) mass is 1440 g/mol. The molecule has 1 aliphatic rings. The Bertz CT molecular complexity index is 2350. The van der Waals surface area contributed by atoms with E-state index in [0.717, 1.165) is 77.3 Å². The van der Waals surface area contributed by atoms with Gasteiger partial charge in [0.25, 0.3) is 0 Å².